The van der Waals surface area contributed by atoms with Gasteiger partial charge in [-0.05, 0) is 37.6 Å². The molecule has 3 aliphatic rings. The summed E-state index contributed by atoms with van der Waals surface area (Å²) in [5, 5.41) is 0. The van der Waals surface area contributed by atoms with Crippen LogP contribution in [0.1, 0.15) is 44.9 Å². The van der Waals surface area contributed by atoms with E-state index in [2.05, 4.69) is 4.90 Å². The van der Waals surface area contributed by atoms with Crippen LogP contribution in [-0.4, -0.2) is 43.3 Å². The molecule has 2 atom stereocenters. The molecule has 0 aromatic heterocycles. The SMILES string of the molecule is NCC1(CN2CCOC3CCCCC32)CCC1. The summed E-state index contributed by atoms with van der Waals surface area (Å²) in [6.45, 7) is 4.17. The average molecular weight is 238 g/mol. The first kappa shape index (κ1) is 11.9. The number of rotatable bonds is 3. The van der Waals surface area contributed by atoms with Crippen LogP contribution in [0.4, 0.5) is 0 Å². The van der Waals surface area contributed by atoms with Crippen molar-refractivity contribution in [3.8, 4) is 0 Å². The fraction of sp³-hybridized carbons (Fsp3) is 1.00. The van der Waals surface area contributed by atoms with Gasteiger partial charge in [-0.3, -0.25) is 4.90 Å². The Morgan fingerprint density at radius 1 is 1.18 bits per heavy atom. The smallest absolute Gasteiger partial charge is 0.0730 e. The van der Waals surface area contributed by atoms with Crippen LogP contribution in [0.5, 0.6) is 0 Å². The second-order valence-corrected chi connectivity index (χ2v) is 6.29. The Morgan fingerprint density at radius 3 is 2.71 bits per heavy atom. The van der Waals surface area contributed by atoms with Gasteiger partial charge >= 0.3 is 0 Å². The Morgan fingerprint density at radius 2 is 2.00 bits per heavy atom. The molecule has 0 aromatic rings. The van der Waals surface area contributed by atoms with Crippen LogP contribution in [0.25, 0.3) is 0 Å². The molecule has 98 valence electrons. The molecule has 2 saturated carbocycles. The predicted molar refractivity (Wildman–Crippen MR) is 68.9 cm³/mol. The zero-order valence-electron chi connectivity index (χ0n) is 10.9. The van der Waals surface area contributed by atoms with Crippen LogP contribution in [0, 0.1) is 5.41 Å². The number of morpholine rings is 1. The minimum Gasteiger partial charge on any atom is -0.375 e. The molecule has 0 amide bonds. The zero-order chi connectivity index (χ0) is 11.7. The third-order valence-electron chi connectivity index (χ3n) is 5.23. The van der Waals surface area contributed by atoms with Crippen molar-refractivity contribution in [1.82, 2.24) is 4.90 Å². The molecule has 3 fully saturated rings. The second kappa shape index (κ2) is 4.87. The molecule has 0 aromatic carbocycles. The van der Waals surface area contributed by atoms with Gasteiger partial charge in [0.25, 0.3) is 0 Å². The zero-order valence-corrected chi connectivity index (χ0v) is 10.9. The number of nitrogens with two attached hydrogens (primary N) is 1. The molecule has 0 spiro atoms. The van der Waals surface area contributed by atoms with Crippen molar-refractivity contribution in [2.24, 2.45) is 11.1 Å². The number of nitrogens with zero attached hydrogens (tertiary/aromatic N) is 1. The molecule has 3 nitrogen and oxygen atoms in total. The van der Waals surface area contributed by atoms with Gasteiger partial charge in [0.15, 0.2) is 0 Å². The van der Waals surface area contributed by atoms with Gasteiger partial charge in [0.1, 0.15) is 0 Å². The van der Waals surface area contributed by atoms with Crippen LogP contribution in [0.2, 0.25) is 0 Å². The molecule has 0 radical (unpaired) electrons. The van der Waals surface area contributed by atoms with Crippen molar-refractivity contribution >= 4 is 0 Å². The lowest BCUT2D eigenvalue weighted by Crippen LogP contribution is -2.57. The van der Waals surface area contributed by atoms with Crippen molar-refractivity contribution < 1.29 is 4.74 Å². The van der Waals surface area contributed by atoms with Crippen molar-refractivity contribution in [3.63, 3.8) is 0 Å². The third kappa shape index (κ3) is 2.25. The summed E-state index contributed by atoms with van der Waals surface area (Å²) in [4.78, 5) is 2.71. The maximum atomic E-state index is 6.00. The number of ether oxygens (including phenoxy) is 1. The predicted octanol–water partition coefficient (Wildman–Crippen LogP) is 1.76. The lowest BCUT2D eigenvalue weighted by atomic mass is 9.68. The van der Waals surface area contributed by atoms with Crippen LogP contribution in [-0.2, 0) is 4.74 Å². The fourth-order valence-electron chi connectivity index (χ4n) is 3.91. The minimum absolute atomic E-state index is 0.458. The highest BCUT2D eigenvalue weighted by Crippen LogP contribution is 2.42. The molecule has 3 heteroatoms. The van der Waals surface area contributed by atoms with Crippen LogP contribution in [0.15, 0.2) is 0 Å². The van der Waals surface area contributed by atoms with Gasteiger partial charge in [-0.15, -0.1) is 0 Å². The Labute approximate surface area is 105 Å². The highest BCUT2D eigenvalue weighted by atomic mass is 16.5. The topological polar surface area (TPSA) is 38.5 Å². The van der Waals surface area contributed by atoms with Crippen LogP contribution >= 0.6 is 0 Å². The molecule has 1 aliphatic heterocycles. The number of hydrogen-bond donors (Lipinski definition) is 1. The summed E-state index contributed by atoms with van der Waals surface area (Å²) in [6.07, 6.45) is 9.95. The Balaban J connectivity index is 1.64. The first-order chi connectivity index (χ1) is 8.33. The summed E-state index contributed by atoms with van der Waals surface area (Å²) in [5.74, 6) is 0. The monoisotopic (exact) mass is 238 g/mol. The third-order valence-corrected chi connectivity index (χ3v) is 5.23. The molecule has 1 saturated heterocycles. The van der Waals surface area contributed by atoms with Crippen molar-refractivity contribution in [2.45, 2.75) is 57.1 Å². The van der Waals surface area contributed by atoms with Gasteiger partial charge < -0.3 is 10.5 Å². The van der Waals surface area contributed by atoms with Crippen molar-refractivity contribution in [2.75, 3.05) is 26.2 Å². The van der Waals surface area contributed by atoms with Crippen LogP contribution < -0.4 is 5.73 Å². The lowest BCUT2D eigenvalue weighted by molar-refractivity contribution is -0.105. The van der Waals surface area contributed by atoms with E-state index in [9.17, 15) is 0 Å². The molecule has 17 heavy (non-hydrogen) atoms. The standard InChI is InChI=1S/C14H26N2O/c15-10-14(6-3-7-14)11-16-8-9-17-13-5-2-1-4-12(13)16/h12-13H,1-11,15H2. The average Bonchev–Trinajstić information content (AvgIpc) is 2.34. The van der Waals surface area contributed by atoms with Crippen molar-refractivity contribution in [3.05, 3.63) is 0 Å². The Bertz CT molecular complexity index is 257. The largest absolute Gasteiger partial charge is 0.375 e. The summed E-state index contributed by atoms with van der Waals surface area (Å²) < 4.78 is 5.94. The quantitative estimate of drug-likeness (QED) is 0.814. The van der Waals surface area contributed by atoms with E-state index in [1.54, 1.807) is 0 Å². The van der Waals surface area contributed by atoms with E-state index in [0.29, 0.717) is 17.6 Å². The fourth-order valence-corrected chi connectivity index (χ4v) is 3.91. The van der Waals surface area contributed by atoms with E-state index in [1.165, 1.54) is 51.5 Å². The molecule has 2 N–H and O–H groups in total. The molecule has 2 unspecified atom stereocenters. The van der Waals surface area contributed by atoms with Gasteiger partial charge in [-0.1, -0.05) is 19.3 Å². The first-order valence-electron chi connectivity index (χ1n) is 7.39. The van der Waals surface area contributed by atoms with E-state index < -0.39 is 0 Å². The first-order valence-corrected chi connectivity index (χ1v) is 7.39. The molecule has 3 rings (SSSR count). The number of hydrogen-bond acceptors (Lipinski definition) is 3. The lowest BCUT2D eigenvalue weighted by Gasteiger charge is -2.50. The van der Waals surface area contributed by atoms with Gasteiger partial charge in [0.2, 0.25) is 0 Å². The molecule has 2 aliphatic carbocycles. The highest BCUT2D eigenvalue weighted by molar-refractivity contribution is 4.95. The molecular formula is C14H26N2O. The van der Waals surface area contributed by atoms with Crippen LogP contribution in [0.3, 0.4) is 0 Å². The summed E-state index contributed by atoms with van der Waals surface area (Å²) in [7, 11) is 0. The second-order valence-electron chi connectivity index (χ2n) is 6.29. The summed E-state index contributed by atoms with van der Waals surface area (Å²) in [6, 6.07) is 0.696. The summed E-state index contributed by atoms with van der Waals surface area (Å²) in [5.41, 5.74) is 6.45. The molecule has 0 bridgehead atoms. The summed E-state index contributed by atoms with van der Waals surface area (Å²) >= 11 is 0. The minimum atomic E-state index is 0.458. The van der Waals surface area contributed by atoms with E-state index in [1.807, 2.05) is 0 Å². The Hall–Kier alpha value is -0.120. The van der Waals surface area contributed by atoms with E-state index >= 15 is 0 Å². The van der Waals surface area contributed by atoms with Gasteiger partial charge in [0, 0.05) is 19.1 Å². The van der Waals surface area contributed by atoms with Crippen molar-refractivity contribution in [1.29, 1.82) is 0 Å². The van der Waals surface area contributed by atoms with Gasteiger partial charge in [-0.2, -0.15) is 0 Å². The Kier molecular flexibility index (Phi) is 3.42. The van der Waals surface area contributed by atoms with Gasteiger partial charge in [0.05, 0.1) is 12.7 Å². The highest BCUT2D eigenvalue weighted by Gasteiger charge is 2.41. The number of fused-ring (bicyclic) bond motifs is 1. The van der Waals surface area contributed by atoms with E-state index in [-0.39, 0.29) is 0 Å². The maximum absolute atomic E-state index is 6.00. The normalized spacial score (nSPS) is 37.2. The van der Waals surface area contributed by atoms with E-state index in [4.69, 9.17) is 10.5 Å². The van der Waals surface area contributed by atoms with E-state index in [0.717, 1.165) is 19.7 Å². The van der Waals surface area contributed by atoms with Gasteiger partial charge in [-0.25, -0.2) is 0 Å². The maximum Gasteiger partial charge on any atom is 0.0730 e. The molecule has 1 heterocycles. The molecular weight excluding hydrogens is 212 g/mol.